The third-order valence-corrected chi connectivity index (χ3v) is 11.8. The van der Waals surface area contributed by atoms with Gasteiger partial charge >= 0.3 is 47.8 Å². The summed E-state index contributed by atoms with van der Waals surface area (Å²) in [5.74, 6) is -10.8. The van der Waals surface area contributed by atoms with Crippen LogP contribution in [0.5, 0.6) is 0 Å². The molecule has 1 spiro atoms. The summed E-state index contributed by atoms with van der Waals surface area (Å²) in [6.45, 7) is 7.05. The Morgan fingerprint density at radius 2 is 1.46 bits per heavy atom. The maximum absolute atomic E-state index is 14.3. The number of esters is 8. The van der Waals surface area contributed by atoms with Gasteiger partial charge < -0.3 is 52.2 Å². The SMILES string of the molecule is CC(=O)OC[C@]12[C@H](OC(C)=O)C(OC(C)=O)C3[C@@H](OC(C)=O)[C@@]14OC3(C)COC(=O)c1cccnc1CC[C@H](C)C(=O)O[C@@H]([C@H](OC(=O)c1ccoc1)[C@@H]2OC(C)=O)[C@]4(C)O. The van der Waals surface area contributed by atoms with Gasteiger partial charge in [0, 0.05) is 40.8 Å². The molecule has 2 aliphatic carbocycles. The molecule has 4 bridgehead atoms. The second-order valence-corrected chi connectivity index (χ2v) is 16.1. The van der Waals surface area contributed by atoms with E-state index in [1.165, 1.54) is 38.2 Å². The number of aryl methyl sites for hydroxylation is 1. The van der Waals surface area contributed by atoms with Gasteiger partial charge in [-0.2, -0.15) is 0 Å². The molecule has 0 aromatic carbocycles. The fourth-order valence-corrected chi connectivity index (χ4v) is 9.54. The van der Waals surface area contributed by atoms with E-state index in [4.69, 9.17) is 47.0 Å². The number of carbonyl (C=O) groups is 8. The van der Waals surface area contributed by atoms with E-state index in [9.17, 15) is 43.5 Å². The third kappa shape index (κ3) is 7.59. The Balaban J connectivity index is 1.77. The van der Waals surface area contributed by atoms with Crippen LogP contribution in [0, 0.1) is 17.3 Å². The van der Waals surface area contributed by atoms with Crippen molar-refractivity contribution >= 4 is 47.8 Å². The van der Waals surface area contributed by atoms with Crippen molar-refractivity contribution in [3.63, 3.8) is 0 Å². The Hall–Kier alpha value is -5.89. The number of cyclic esters (lactones) is 1. The van der Waals surface area contributed by atoms with E-state index in [2.05, 4.69) is 4.98 Å². The fraction of sp³-hybridized carbons (Fsp3) is 0.585. The summed E-state index contributed by atoms with van der Waals surface area (Å²) in [5, 5.41) is 13.6. The van der Waals surface area contributed by atoms with Gasteiger partial charge in [-0.1, -0.05) is 6.92 Å². The number of hydrogen-bond donors (Lipinski definition) is 1. The number of aliphatic hydroxyl groups is 1. The van der Waals surface area contributed by atoms with Crippen molar-refractivity contribution in [2.75, 3.05) is 13.2 Å². The predicted octanol–water partition coefficient (Wildman–Crippen LogP) is 1.75. The fourth-order valence-electron chi connectivity index (χ4n) is 9.54. The van der Waals surface area contributed by atoms with Crippen molar-refractivity contribution < 1.29 is 90.5 Å². The number of furan rings is 1. The zero-order valence-corrected chi connectivity index (χ0v) is 34.7. The second kappa shape index (κ2) is 16.5. The standard InChI is InChI=1S/C41H47NO19/c1-19-11-12-27-26(10-9-14-42-27)37(50)54-17-38(7)28-29(55-21(3)44)33(57-23(5)46)40(18-53-20(2)43)34(58-24(6)47)30(59-36(49)25-13-15-52-16-25)32(60-35(19)48)39(8,51)41(40,61-38)31(28)56-22(4)45/h9-10,13-16,19,28-34,51H,11-12,17-18H2,1-8H3/t19-,28?,29?,30-,31+,32-,33+,34-,38?,39-,40+,41-/m0/s1. The Kier molecular flexibility index (Phi) is 12.1. The molecule has 4 heterocycles. The first-order valence-electron chi connectivity index (χ1n) is 19.4. The van der Waals surface area contributed by atoms with E-state index in [1.807, 2.05) is 0 Å². The summed E-state index contributed by atoms with van der Waals surface area (Å²) in [6.07, 6.45) is -8.59. The molecule has 4 aliphatic rings. The molecule has 1 N–H and O–H groups in total. The van der Waals surface area contributed by atoms with E-state index >= 15 is 0 Å². The highest BCUT2D eigenvalue weighted by atomic mass is 16.7. The number of ether oxygens (including phenoxy) is 9. The quantitative estimate of drug-likeness (QED) is 0.293. The highest BCUT2D eigenvalue weighted by Crippen LogP contribution is 2.70. The van der Waals surface area contributed by atoms with E-state index in [0.717, 1.165) is 54.1 Å². The van der Waals surface area contributed by atoms with Crippen LogP contribution in [-0.2, 0) is 77.8 Å². The molecule has 20 nitrogen and oxygen atoms in total. The van der Waals surface area contributed by atoms with Gasteiger partial charge in [0.05, 0.1) is 34.9 Å². The van der Waals surface area contributed by atoms with Crippen LogP contribution in [0.25, 0.3) is 0 Å². The summed E-state index contributed by atoms with van der Waals surface area (Å²) < 4.78 is 60.1. The lowest BCUT2D eigenvalue weighted by Gasteiger charge is -2.67. The lowest BCUT2D eigenvalue weighted by atomic mass is 9.45. The molecule has 12 atom stereocenters. The molecule has 20 heteroatoms. The van der Waals surface area contributed by atoms with Crippen LogP contribution in [0.1, 0.15) is 88.2 Å². The molecular weight excluding hydrogens is 810 g/mol. The third-order valence-electron chi connectivity index (χ3n) is 11.8. The highest BCUT2D eigenvalue weighted by Gasteiger charge is 2.92. The molecule has 3 unspecified atom stereocenters. The van der Waals surface area contributed by atoms with Crippen LogP contribution in [0.3, 0.4) is 0 Å². The largest absolute Gasteiger partial charge is 0.472 e. The molecule has 2 aromatic rings. The summed E-state index contributed by atoms with van der Waals surface area (Å²) in [4.78, 5) is 113. The molecule has 2 aliphatic heterocycles. The van der Waals surface area contributed by atoms with Crippen molar-refractivity contribution in [2.45, 2.75) is 122 Å². The maximum Gasteiger partial charge on any atom is 0.341 e. The van der Waals surface area contributed by atoms with Gasteiger partial charge in [0.15, 0.2) is 30.0 Å². The number of pyridine rings is 1. The van der Waals surface area contributed by atoms with E-state index in [1.54, 1.807) is 0 Å². The maximum atomic E-state index is 14.3. The highest BCUT2D eigenvalue weighted by molar-refractivity contribution is 5.91. The lowest BCUT2D eigenvalue weighted by Crippen LogP contribution is -2.89. The van der Waals surface area contributed by atoms with Gasteiger partial charge in [0.25, 0.3) is 0 Å². The molecule has 3 fully saturated rings. The average Bonchev–Trinajstić information content (AvgIpc) is 3.79. The minimum absolute atomic E-state index is 0.0163. The Morgan fingerprint density at radius 1 is 0.836 bits per heavy atom. The van der Waals surface area contributed by atoms with Gasteiger partial charge in [-0.3, -0.25) is 33.8 Å². The van der Waals surface area contributed by atoms with E-state index in [-0.39, 0.29) is 29.7 Å². The zero-order chi connectivity index (χ0) is 44.8. The monoisotopic (exact) mass is 857 g/mol. The first-order chi connectivity index (χ1) is 28.6. The Bertz CT molecular complexity index is 2100. The minimum atomic E-state index is -2.87. The van der Waals surface area contributed by atoms with Gasteiger partial charge in [0.2, 0.25) is 0 Å². The summed E-state index contributed by atoms with van der Waals surface area (Å²) >= 11 is 0. The molecule has 0 radical (unpaired) electrons. The second-order valence-electron chi connectivity index (χ2n) is 16.1. The van der Waals surface area contributed by atoms with Crippen molar-refractivity contribution in [1.29, 1.82) is 0 Å². The van der Waals surface area contributed by atoms with Crippen LogP contribution < -0.4 is 0 Å². The van der Waals surface area contributed by atoms with Crippen molar-refractivity contribution in [3.8, 4) is 0 Å². The molecule has 61 heavy (non-hydrogen) atoms. The van der Waals surface area contributed by atoms with E-state index in [0.29, 0.717) is 0 Å². The molecule has 2 aromatic heterocycles. The lowest BCUT2D eigenvalue weighted by molar-refractivity contribution is -0.386. The van der Waals surface area contributed by atoms with Gasteiger partial charge in [-0.15, -0.1) is 0 Å². The molecule has 6 rings (SSSR count). The summed E-state index contributed by atoms with van der Waals surface area (Å²) in [5.41, 5.74) is -10.3. The topological polar surface area (TPSA) is 266 Å². The molecule has 0 amide bonds. The smallest absolute Gasteiger partial charge is 0.341 e. The number of rotatable bonds is 8. The summed E-state index contributed by atoms with van der Waals surface area (Å²) in [6, 6.07) is 4.17. The average molecular weight is 858 g/mol. The van der Waals surface area contributed by atoms with Crippen LogP contribution in [0.2, 0.25) is 0 Å². The van der Waals surface area contributed by atoms with Crippen molar-refractivity contribution in [1.82, 2.24) is 4.98 Å². The first kappa shape index (κ1) is 44.7. The first-order valence-corrected chi connectivity index (χ1v) is 19.4. The number of hydrogen-bond acceptors (Lipinski definition) is 20. The Labute approximate surface area is 348 Å². The molecule has 1 saturated heterocycles. The normalized spacial score (nSPS) is 35.4. The van der Waals surface area contributed by atoms with Crippen LogP contribution >= 0.6 is 0 Å². The van der Waals surface area contributed by atoms with E-state index < -0.39 is 132 Å². The summed E-state index contributed by atoms with van der Waals surface area (Å²) in [7, 11) is 0. The predicted molar refractivity (Wildman–Crippen MR) is 197 cm³/mol. The van der Waals surface area contributed by atoms with Gasteiger partial charge in [-0.05, 0) is 44.9 Å². The number of carbonyl (C=O) groups excluding carboxylic acids is 8. The zero-order valence-electron chi connectivity index (χ0n) is 34.7. The number of fused-ring (bicyclic) bond motifs is 5. The molecular formula is C41H47NO19. The number of aromatic nitrogens is 1. The van der Waals surface area contributed by atoms with Crippen LogP contribution in [0.4, 0.5) is 0 Å². The number of nitrogens with zero attached hydrogens (tertiary/aromatic N) is 1. The van der Waals surface area contributed by atoms with Gasteiger partial charge in [0.1, 0.15) is 48.3 Å². The Morgan fingerprint density at radius 3 is 2.05 bits per heavy atom. The minimum Gasteiger partial charge on any atom is -0.472 e. The van der Waals surface area contributed by atoms with Crippen LogP contribution in [0.15, 0.2) is 41.3 Å². The molecule has 2 saturated carbocycles. The van der Waals surface area contributed by atoms with Crippen LogP contribution in [-0.4, -0.2) is 124 Å². The van der Waals surface area contributed by atoms with Gasteiger partial charge in [-0.25, -0.2) is 9.59 Å². The molecule has 330 valence electrons. The van der Waals surface area contributed by atoms with Crippen molar-refractivity contribution in [3.05, 3.63) is 53.7 Å². The van der Waals surface area contributed by atoms with Crippen molar-refractivity contribution in [2.24, 2.45) is 17.3 Å².